The summed E-state index contributed by atoms with van der Waals surface area (Å²) < 4.78 is 26.3. The van der Waals surface area contributed by atoms with Crippen molar-refractivity contribution in [3.8, 4) is 73.5 Å². The van der Waals surface area contributed by atoms with Gasteiger partial charge in [0.25, 0.3) is 0 Å². The number of thiophene rings is 1. The summed E-state index contributed by atoms with van der Waals surface area (Å²) >= 11 is 1.88. The van der Waals surface area contributed by atoms with Crippen LogP contribution in [0.2, 0.25) is 0 Å². The molecule has 9 aromatic heterocycles. The summed E-state index contributed by atoms with van der Waals surface area (Å²) in [7, 11) is 0. The van der Waals surface area contributed by atoms with Gasteiger partial charge < -0.3 is 36.4 Å². The second kappa shape index (κ2) is 30.0. The smallest absolute Gasteiger partial charge is 0.135 e. The summed E-state index contributed by atoms with van der Waals surface area (Å²) in [5.41, 5.74) is 37.6. The molecule has 8 nitrogen and oxygen atoms in total. The third-order valence-electron chi connectivity index (χ3n) is 30.4. The highest BCUT2D eigenvalue weighted by Gasteiger charge is 2.43. The van der Waals surface area contributed by atoms with Crippen LogP contribution in [-0.2, 0) is 10.8 Å². The Bertz CT molecular complexity index is 10200. The molecule has 20 aromatic carbocycles. The van der Waals surface area contributed by atoms with Gasteiger partial charge in [-0.1, -0.05) is 301 Å². The number of furan rings is 1. The van der Waals surface area contributed by atoms with E-state index in [4.69, 9.17) is 4.42 Å². The first kappa shape index (κ1) is 78.9. The molecule has 9 heterocycles. The highest BCUT2D eigenvalue weighted by atomic mass is 32.1. The van der Waals surface area contributed by atoms with Crippen LogP contribution in [0.5, 0.6) is 0 Å². The van der Waals surface area contributed by atoms with Crippen LogP contribution in [0.3, 0.4) is 0 Å². The fourth-order valence-electron chi connectivity index (χ4n) is 24.5. The van der Waals surface area contributed by atoms with E-state index in [9.17, 15) is 0 Å². The predicted molar refractivity (Wildman–Crippen MR) is 585 cm³/mol. The van der Waals surface area contributed by atoms with E-state index in [0.29, 0.717) is 0 Å². The molecule has 0 saturated carbocycles. The van der Waals surface area contributed by atoms with Crippen LogP contribution in [0.4, 0.5) is 0 Å². The Kier molecular flexibility index (Phi) is 17.0. The Labute approximate surface area is 804 Å². The number of hydrogen-bond donors (Lipinski definition) is 0. The van der Waals surface area contributed by atoms with Crippen molar-refractivity contribution in [1.29, 1.82) is 0 Å². The molecule has 0 aliphatic heterocycles. The molecule has 0 atom stereocenters. The number of para-hydroxylation sites is 10. The SMILES string of the molecule is CC1(C)c2ccccc2-c2c1c1ccccc1n2-c1ccc2oc3ccc(-c4ccc5c(c4)c4c(n5-c5ccccc5)-c5ccccc5C4(C)C)cc3c2c1.c1ccc(-n2c3ccccc3c3cc(-n4c5ccccc5c5c6c(ccc54)sc4ccccc46)ccc32)cc1.c1ccc(-n2c3ccccc3c3ccc4c5ccccc5n(-c5ccc(-n6c7ccccc7c7ccccc76)cc5)c4c32)cc1. The molecule has 31 rings (SSSR count). The van der Waals surface area contributed by atoms with Gasteiger partial charge in [0.2, 0.25) is 0 Å². The van der Waals surface area contributed by atoms with E-state index in [0.717, 1.165) is 44.7 Å². The third-order valence-corrected chi connectivity index (χ3v) is 31.5. The number of rotatable bonds is 8. The van der Waals surface area contributed by atoms with Crippen LogP contribution >= 0.6 is 11.3 Å². The van der Waals surface area contributed by atoms with E-state index in [2.05, 4.69) is 515 Å². The van der Waals surface area contributed by atoms with Crippen LogP contribution in [0, 0.1) is 0 Å². The van der Waals surface area contributed by atoms with Gasteiger partial charge in [0.1, 0.15) is 11.2 Å². The van der Waals surface area contributed by atoms with E-state index in [1.54, 1.807) is 0 Å². The van der Waals surface area contributed by atoms with Crippen LogP contribution in [0.25, 0.3) is 246 Å². The highest BCUT2D eigenvalue weighted by Crippen LogP contribution is 2.57. The van der Waals surface area contributed by atoms with Crippen molar-refractivity contribution in [3.63, 3.8) is 0 Å². The minimum absolute atomic E-state index is 0.0978. The molecule has 139 heavy (non-hydrogen) atoms. The number of aromatic nitrogens is 7. The molecule has 0 N–H and O–H groups in total. The Balaban J connectivity index is 0.000000102. The Morgan fingerprint density at radius 2 is 0.518 bits per heavy atom. The molecule has 9 heteroatoms. The lowest BCUT2D eigenvalue weighted by Crippen LogP contribution is -2.14. The van der Waals surface area contributed by atoms with Gasteiger partial charge in [-0.2, -0.15) is 0 Å². The molecule has 0 unspecified atom stereocenters. The molecular formula is C130H87N7OS. The van der Waals surface area contributed by atoms with Crippen molar-refractivity contribution in [2.24, 2.45) is 0 Å². The molecule has 654 valence electrons. The second-order valence-electron chi connectivity index (χ2n) is 38.5. The summed E-state index contributed by atoms with van der Waals surface area (Å²) in [5, 5.41) is 20.3. The first-order chi connectivity index (χ1) is 68.5. The van der Waals surface area contributed by atoms with Gasteiger partial charge in [0, 0.05) is 157 Å². The van der Waals surface area contributed by atoms with Crippen molar-refractivity contribution in [3.05, 3.63) is 477 Å². The van der Waals surface area contributed by atoms with E-state index in [-0.39, 0.29) is 10.8 Å². The van der Waals surface area contributed by atoms with Crippen LogP contribution in [-0.4, -0.2) is 32.0 Å². The van der Waals surface area contributed by atoms with E-state index in [1.807, 2.05) is 11.3 Å². The average molecular weight is 1800 g/mol. The van der Waals surface area contributed by atoms with E-state index < -0.39 is 0 Å². The van der Waals surface area contributed by atoms with Crippen molar-refractivity contribution < 1.29 is 4.42 Å². The zero-order valence-electron chi connectivity index (χ0n) is 76.7. The third kappa shape index (κ3) is 11.4. The molecule has 0 radical (unpaired) electrons. The summed E-state index contributed by atoms with van der Waals surface area (Å²) in [6, 6.07) is 166. The first-order valence-electron chi connectivity index (χ1n) is 48.1. The van der Waals surface area contributed by atoms with Gasteiger partial charge in [0.05, 0.1) is 77.6 Å². The number of fused-ring (bicyclic) bond motifs is 33. The van der Waals surface area contributed by atoms with Gasteiger partial charge in [-0.25, -0.2) is 0 Å². The Hall–Kier alpha value is -17.5. The van der Waals surface area contributed by atoms with Gasteiger partial charge in [-0.3, -0.25) is 0 Å². The van der Waals surface area contributed by atoms with Crippen LogP contribution < -0.4 is 0 Å². The second-order valence-corrected chi connectivity index (χ2v) is 39.6. The number of benzene rings is 20. The topological polar surface area (TPSA) is 47.6 Å². The molecule has 0 fully saturated rings. The van der Waals surface area contributed by atoms with Crippen molar-refractivity contribution in [2.75, 3.05) is 0 Å². The van der Waals surface area contributed by atoms with Crippen molar-refractivity contribution in [1.82, 2.24) is 32.0 Å². The lowest BCUT2D eigenvalue weighted by Gasteiger charge is -2.21. The highest BCUT2D eigenvalue weighted by molar-refractivity contribution is 7.26. The van der Waals surface area contributed by atoms with Gasteiger partial charge in [-0.15, -0.1) is 11.3 Å². The monoisotopic (exact) mass is 1790 g/mol. The number of nitrogens with zero attached hydrogens (tertiary/aromatic N) is 7. The zero-order valence-corrected chi connectivity index (χ0v) is 77.6. The maximum Gasteiger partial charge on any atom is 0.135 e. The molecular weight excluding hydrogens is 1710 g/mol. The lowest BCUT2D eigenvalue weighted by atomic mass is 9.81. The average Bonchev–Trinajstić information content (AvgIpc) is 1.53. The number of hydrogen-bond acceptors (Lipinski definition) is 2. The minimum atomic E-state index is -0.136. The Morgan fingerprint density at radius 1 is 0.194 bits per heavy atom. The van der Waals surface area contributed by atoms with Crippen molar-refractivity contribution in [2.45, 2.75) is 38.5 Å². The maximum atomic E-state index is 6.52. The molecule has 29 aromatic rings. The lowest BCUT2D eigenvalue weighted by molar-refractivity contribution is 0.666. The van der Waals surface area contributed by atoms with Gasteiger partial charge >= 0.3 is 0 Å². The largest absolute Gasteiger partial charge is 0.456 e. The van der Waals surface area contributed by atoms with Gasteiger partial charge in [0.15, 0.2) is 0 Å². The fraction of sp³-hybridized carbons (Fsp3) is 0.0462. The first-order valence-corrected chi connectivity index (χ1v) is 48.9. The minimum Gasteiger partial charge on any atom is -0.456 e. The van der Waals surface area contributed by atoms with Crippen LogP contribution in [0.15, 0.2) is 459 Å². The molecule has 2 aliphatic carbocycles. The summed E-state index contributed by atoms with van der Waals surface area (Å²) in [5.74, 6) is 0. The zero-order chi connectivity index (χ0) is 91.8. The van der Waals surface area contributed by atoms with Crippen LogP contribution in [0.1, 0.15) is 49.9 Å². The van der Waals surface area contributed by atoms with Gasteiger partial charge in [-0.05, 0) is 215 Å². The molecule has 0 amide bonds. The standard InChI is InChI=1S/C52H38N2O.C42H27N3.C36H22N2S/c1-51(2)41-19-11-8-16-35(41)49-47(51)37-18-10-13-21-43(37)54(49)34-24-27-46-39(30-34)38-28-32(23-26-45(38)55-46)31-22-25-44-40(29-31)48-50(53(44)33-14-6-5-7-15-33)36-17-9-12-20-42(36)52(48,3)4;1-2-12-28(13-3-1)44-39-20-10-6-16-33(39)35-26-27-36-34-17-7-11-21-40(34)45(42(36)41(35)44)30-24-22-29(23-25-30)43-37-18-8-4-14-31(37)32-15-5-9-19-38(32)43;1-2-10-23(11-3-1)37-29-15-7-4-12-25(29)28-22-24(18-19-31(28)37)38-30-16-8-5-13-26(30)35-32(38)20-21-34-36(35)27-14-6-9-17-33(27)39-34/h5-30H,1-4H3;1-27H;1-22H. The van der Waals surface area contributed by atoms with Crippen molar-refractivity contribution >= 4 is 184 Å². The fourth-order valence-corrected chi connectivity index (χ4v) is 25.6. The summed E-state index contributed by atoms with van der Waals surface area (Å²) in [4.78, 5) is 0. The summed E-state index contributed by atoms with van der Waals surface area (Å²) in [6.45, 7) is 9.49. The molecule has 0 bridgehead atoms. The molecule has 2 aliphatic rings. The Morgan fingerprint density at radius 3 is 1.07 bits per heavy atom. The normalized spacial score (nSPS) is 13.2. The summed E-state index contributed by atoms with van der Waals surface area (Å²) in [6.07, 6.45) is 0. The van der Waals surface area contributed by atoms with E-state index in [1.165, 1.54) is 224 Å². The van der Waals surface area contributed by atoms with E-state index >= 15 is 0 Å². The maximum absolute atomic E-state index is 6.52. The predicted octanol–water partition coefficient (Wildman–Crippen LogP) is 35.0. The molecule has 0 spiro atoms. The quantitative estimate of drug-likeness (QED) is 0.150. The molecule has 0 saturated heterocycles.